The highest BCUT2D eigenvalue weighted by Crippen LogP contribution is 2.37. The van der Waals surface area contributed by atoms with Gasteiger partial charge in [-0.1, -0.05) is 35.5 Å². The molecule has 0 radical (unpaired) electrons. The Kier molecular flexibility index (Phi) is 4.86. The molecule has 30 heavy (non-hydrogen) atoms. The summed E-state index contributed by atoms with van der Waals surface area (Å²) in [6.07, 6.45) is -1.72. The first-order chi connectivity index (χ1) is 14.3. The van der Waals surface area contributed by atoms with Gasteiger partial charge in [0.1, 0.15) is 5.69 Å². The zero-order valence-electron chi connectivity index (χ0n) is 15.6. The largest absolute Gasteiger partial charge is 0.417 e. The fraction of sp³-hybridized carbons (Fsp3) is 0.0952. The summed E-state index contributed by atoms with van der Waals surface area (Å²) < 4.78 is 47.0. The average molecular weight is 412 g/mol. The summed E-state index contributed by atoms with van der Waals surface area (Å²) in [5.74, 6) is -0.248. The van der Waals surface area contributed by atoms with Crippen molar-refractivity contribution in [2.75, 3.05) is 5.32 Å². The van der Waals surface area contributed by atoms with Gasteiger partial charge in [0.05, 0.1) is 17.5 Å². The van der Waals surface area contributed by atoms with E-state index in [0.29, 0.717) is 17.0 Å². The fourth-order valence-electron chi connectivity index (χ4n) is 3.02. The van der Waals surface area contributed by atoms with Crippen LogP contribution in [0.25, 0.3) is 22.6 Å². The van der Waals surface area contributed by atoms with E-state index in [-0.39, 0.29) is 16.8 Å². The van der Waals surface area contributed by atoms with Crippen LogP contribution in [0.2, 0.25) is 0 Å². The lowest BCUT2D eigenvalue weighted by Crippen LogP contribution is -2.14. The van der Waals surface area contributed by atoms with E-state index >= 15 is 0 Å². The molecule has 0 aliphatic carbocycles. The molecule has 0 aliphatic rings. The van der Waals surface area contributed by atoms with Crippen molar-refractivity contribution in [1.29, 1.82) is 0 Å². The van der Waals surface area contributed by atoms with E-state index in [4.69, 9.17) is 4.52 Å². The zero-order valence-corrected chi connectivity index (χ0v) is 15.6. The van der Waals surface area contributed by atoms with Crippen LogP contribution in [0.3, 0.4) is 0 Å². The lowest BCUT2D eigenvalue weighted by Gasteiger charge is -2.13. The van der Waals surface area contributed by atoms with E-state index in [9.17, 15) is 18.0 Å². The predicted octanol–water partition coefficient (Wildman–Crippen LogP) is 5.01. The smallest absolute Gasteiger partial charge is 0.354 e. The van der Waals surface area contributed by atoms with Gasteiger partial charge in [-0.25, -0.2) is 0 Å². The average Bonchev–Trinajstić information content (AvgIpc) is 3.36. The van der Waals surface area contributed by atoms with E-state index in [1.54, 1.807) is 31.3 Å². The predicted molar refractivity (Wildman–Crippen MR) is 104 cm³/mol. The molecule has 0 atom stereocenters. The second-order valence-electron chi connectivity index (χ2n) is 6.52. The van der Waals surface area contributed by atoms with Crippen molar-refractivity contribution in [1.82, 2.24) is 14.9 Å². The van der Waals surface area contributed by atoms with E-state index in [1.807, 2.05) is 6.07 Å². The summed E-state index contributed by atoms with van der Waals surface area (Å²) in [6, 6.07) is 13.7. The topological polar surface area (TPSA) is 73.0 Å². The number of carbonyl (C=O) groups is 1. The minimum absolute atomic E-state index is 0.0452. The van der Waals surface area contributed by atoms with E-state index in [0.717, 1.165) is 12.1 Å². The van der Waals surface area contributed by atoms with Crippen LogP contribution >= 0.6 is 0 Å². The van der Waals surface area contributed by atoms with Crippen LogP contribution in [0.1, 0.15) is 15.9 Å². The van der Waals surface area contributed by atoms with Gasteiger partial charge in [0.2, 0.25) is 0 Å². The number of carbonyl (C=O) groups excluding carboxylic acids is 1. The van der Waals surface area contributed by atoms with E-state index < -0.39 is 17.6 Å². The van der Waals surface area contributed by atoms with Crippen molar-refractivity contribution >= 4 is 11.6 Å². The molecule has 0 unspecified atom stereocenters. The van der Waals surface area contributed by atoms with Gasteiger partial charge < -0.3 is 9.84 Å². The van der Waals surface area contributed by atoms with Crippen LogP contribution in [-0.4, -0.2) is 20.8 Å². The molecule has 4 aromatic rings. The number of benzene rings is 2. The molecule has 0 bridgehead atoms. The quantitative estimate of drug-likeness (QED) is 0.511. The Bertz CT molecular complexity index is 1200. The summed E-state index contributed by atoms with van der Waals surface area (Å²) in [6.45, 7) is 0. The van der Waals surface area contributed by atoms with Crippen LogP contribution in [0.4, 0.5) is 18.9 Å². The standard InChI is InChI=1S/C21H15F3N4O2/c1-28-10-9-17(27-28)15-11-14(7-8-16(15)21(22,23)24)20(29)26-18-12-25-30-19(18)13-5-3-2-4-6-13/h2-12H,1H3,(H,26,29). The molecule has 2 aromatic heterocycles. The van der Waals surface area contributed by atoms with Crippen LogP contribution in [0.15, 0.2) is 71.5 Å². The van der Waals surface area contributed by atoms with Gasteiger partial charge in [0.15, 0.2) is 5.76 Å². The first kappa shape index (κ1) is 19.4. The molecule has 1 amide bonds. The maximum atomic E-state index is 13.5. The number of halogens is 3. The molecule has 0 aliphatic heterocycles. The van der Waals surface area contributed by atoms with Gasteiger partial charge >= 0.3 is 6.18 Å². The number of alkyl halides is 3. The number of rotatable bonds is 4. The van der Waals surface area contributed by atoms with Crippen molar-refractivity contribution in [2.45, 2.75) is 6.18 Å². The molecule has 2 aromatic carbocycles. The molecule has 0 fully saturated rings. The van der Waals surface area contributed by atoms with Crippen molar-refractivity contribution in [3.05, 3.63) is 78.1 Å². The Morgan fingerprint density at radius 2 is 1.87 bits per heavy atom. The van der Waals surface area contributed by atoms with Gasteiger partial charge in [-0.2, -0.15) is 18.3 Å². The Morgan fingerprint density at radius 3 is 2.53 bits per heavy atom. The molecule has 0 saturated heterocycles. The van der Waals surface area contributed by atoms with Crippen LogP contribution in [0, 0.1) is 0 Å². The van der Waals surface area contributed by atoms with E-state index in [2.05, 4.69) is 15.6 Å². The van der Waals surface area contributed by atoms with Crippen LogP contribution in [-0.2, 0) is 13.2 Å². The minimum Gasteiger partial charge on any atom is -0.354 e. The monoisotopic (exact) mass is 412 g/mol. The summed E-state index contributed by atoms with van der Waals surface area (Å²) in [5, 5.41) is 10.4. The van der Waals surface area contributed by atoms with Gasteiger partial charge in [0, 0.05) is 29.9 Å². The molecule has 2 heterocycles. The highest BCUT2D eigenvalue weighted by atomic mass is 19.4. The summed E-state index contributed by atoms with van der Waals surface area (Å²) in [5.41, 5.74) is 0.132. The summed E-state index contributed by atoms with van der Waals surface area (Å²) >= 11 is 0. The molecule has 152 valence electrons. The highest BCUT2D eigenvalue weighted by Gasteiger charge is 2.34. The van der Waals surface area contributed by atoms with Gasteiger partial charge in [-0.15, -0.1) is 0 Å². The minimum atomic E-state index is -4.59. The lowest BCUT2D eigenvalue weighted by atomic mass is 10.0. The molecule has 0 spiro atoms. The Labute approximate surface area is 168 Å². The fourth-order valence-corrected chi connectivity index (χ4v) is 3.02. The maximum Gasteiger partial charge on any atom is 0.417 e. The molecule has 6 nitrogen and oxygen atoms in total. The number of aromatic nitrogens is 3. The molecule has 4 rings (SSSR count). The van der Waals surface area contributed by atoms with Gasteiger partial charge in [0.25, 0.3) is 5.91 Å². The van der Waals surface area contributed by atoms with Gasteiger partial charge in [-0.3, -0.25) is 9.48 Å². The molecule has 1 N–H and O–H groups in total. The van der Waals surface area contributed by atoms with Crippen LogP contribution in [0.5, 0.6) is 0 Å². The number of nitrogens with zero attached hydrogens (tertiary/aromatic N) is 3. The lowest BCUT2D eigenvalue weighted by molar-refractivity contribution is -0.137. The number of hydrogen-bond donors (Lipinski definition) is 1. The van der Waals surface area contributed by atoms with Crippen molar-refractivity contribution in [3.8, 4) is 22.6 Å². The maximum absolute atomic E-state index is 13.5. The molecular formula is C21H15F3N4O2. The second-order valence-corrected chi connectivity index (χ2v) is 6.52. The highest BCUT2D eigenvalue weighted by molar-refractivity contribution is 6.06. The normalized spacial score (nSPS) is 11.5. The molecule has 0 saturated carbocycles. The zero-order chi connectivity index (χ0) is 21.3. The number of hydrogen-bond acceptors (Lipinski definition) is 4. The number of aryl methyl sites for hydroxylation is 1. The Balaban J connectivity index is 1.69. The number of anilines is 1. The van der Waals surface area contributed by atoms with E-state index in [1.165, 1.54) is 29.2 Å². The summed E-state index contributed by atoms with van der Waals surface area (Å²) in [4.78, 5) is 12.8. The second kappa shape index (κ2) is 7.51. The van der Waals surface area contributed by atoms with Crippen molar-refractivity contribution in [2.24, 2.45) is 7.05 Å². The third-order valence-electron chi connectivity index (χ3n) is 4.43. The Morgan fingerprint density at radius 1 is 1.10 bits per heavy atom. The Hall–Kier alpha value is -3.88. The number of nitrogens with one attached hydrogen (secondary N) is 1. The summed E-state index contributed by atoms with van der Waals surface area (Å²) in [7, 11) is 1.60. The molecular weight excluding hydrogens is 397 g/mol. The number of amides is 1. The van der Waals surface area contributed by atoms with Crippen molar-refractivity contribution in [3.63, 3.8) is 0 Å². The molecule has 9 heteroatoms. The third-order valence-corrected chi connectivity index (χ3v) is 4.43. The first-order valence-electron chi connectivity index (χ1n) is 8.85. The SMILES string of the molecule is Cn1ccc(-c2cc(C(=O)Nc3cnoc3-c3ccccc3)ccc2C(F)(F)F)n1. The van der Waals surface area contributed by atoms with Crippen molar-refractivity contribution < 1.29 is 22.5 Å². The van der Waals surface area contributed by atoms with Gasteiger partial charge in [-0.05, 0) is 24.3 Å². The van der Waals surface area contributed by atoms with Crippen LogP contribution < -0.4 is 5.32 Å². The third kappa shape index (κ3) is 3.82. The first-order valence-corrected chi connectivity index (χ1v) is 8.85.